The molecule has 2 aliphatic heterocycles. The Bertz CT molecular complexity index is 1350. The van der Waals surface area contributed by atoms with Gasteiger partial charge >= 0.3 is 0 Å². The number of hydrogen-bond acceptors (Lipinski definition) is 4. The third kappa shape index (κ3) is 5.55. The average molecular weight is 543 g/mol. The first-order valence-corrected chi connectivity index (χ1v) is 14.3. The van der Waals surface area contributed by atoms with Crippen molar-refractivity contribution in [3.8, 4) is 0 Å². The van der Waals surface area contributed by atoms with Gasteiger partial charge in [0.1, 0.15) is 5.82 Å². The van der Waals surface area contributed by atoms with Crippen LogP contribution in [0.15, 0.2) is 66.7 Å². The lowest BCUT2D eigenvalue weighted by atomic mass is 9.83. The Labute approximate surface area is 236 Å². The van der Waals surface area contributed by atoms with E-state index in [4.69, 9.17) is 0 Å². The van der Waals surface area contributed by atoms with Gasteiger partial charge in [0.05, 0.1) is 17.5 Å². The van der Waals surface area contributed by atoms with Crippen LogP contribution in [-0.4, -0.2) is 49.9 Å². The van der Waals surface area contributed by atoms with Crippen LogP contribution >= 0.6 is 0 Å². The molecular formula is C33H39FN4O2. The molecule has 2 saturated heterocycles. The van der Waals surface area contributed by atoms with Crippen molar-refractivity contribution < 1.29 is 14.0 Å². The summed E-state index contributed by atoms with van der Waals surface area (Å²) in [6, 6.07) is 20.6. The fourth-order valence-corrected chi connectivity index (χ4v) is 6.24. The summed E-state index contributed by atoms with van der Waals surface area (Å²) in [6.07, 6.45) is 3.63. The maximum absolute atomic E-state index is 14.9. The molecule has 7 heteroatoms. The Morgan fingerprint density at radius 2 is 1.68 bits per heavy atom. The molecule has 1 N–H and O–H groups in total. The molecule has 40 heavy (non-hydrogen) atoms. The van der Waals surface area contributed by atoms with E-state index in [0.717, 1.165) is 35.6 Å². The summed E-state index contributed by atoms with van der Waals surface area (Å²) >= 11 is 0. The van der Waals surface area contributed by atoms with Crippen LogP contribution in [0.2, 0.25) is 0 Å². The van der Waals surface area contributed by atoms with E-state index in [-0.39, 0.29) is 17.4 Å². The summed E-state index contributed by atoms with van der Waals surface area (Å²) in [6.45, 7) is 5.45. The number of hydrogen-bond donors (Lipinski definition) is 1. The van der Waals surface area contributed by atoms with Crippen LogP contribution in [0.5, 0.6) is 0 Å². The second kappa shape index (κ2) is 11.7. The molecule has 0 aliphatic carbocycles. The summed E-state index contributed by atoms with van der Waals surface area (Å²) < 4.78 is 14.9. The molecule has 2 heterocycles. The third-order valence-corrected chi connectivity index (χ3v) is 8.41. The van der Waals surface area contributed by atoms with Gasteiger partial charge in [-0.25, -0.2) is 4.39 Å². The van der Waals surface area contributed by atoms with Gasteiger partial charge in [-0.05, 0) is 87.1 Å². The van der Waals surface area contributed by atoms with Gasteiger partial charge < -0.3 is 20.0 Å². The number of likely N-dealkylation sites (tertiary alicyclic amines) is 1. The highest BCUT2D eigenvalue weighted by molar-refractivity contribution is 5.98. The Morgan fingerprint density at radius 1 is 0.950 bits per heavy atom. The number of amides is 2. The second-order valence-electron chi connectivity index (χ2n) is 11.3. The number of halogens is 1. The SMILES string of the molecule is Cc1cccc(F)c1C(=O)N1CCC[C@H](C(=O)Nc2cccc(N3CCCC3C)c2)C1c1ccc(N(C)C)cc1. The first kappa shape index (κ1) is 27.7. The monoisotopic (exact) mass is 542 g/mol. The van der Waals surface area contributed by atoms with E-state index in [9.17, 15) is 14.0 Å². The maximum atomic E-state index is 14.9. The van der Waals surface area contributed by atoms with Crippen molar-refractivity contribution >= 4 is 28.9 Å². The summed E-state index contributed by atoms with van der Waals surface area (Å²) in [5, 5.41) is 3.16. The van der Waals surface area contributed by atoms with E-state index in [2.05, 4.69) is 23.2 Å². The third-order valence-electron chi connectivity index (χ3n) is 8.41. The molecule has 0 bridgehead atoms. The van der Waals surface area contributed by atoms with Gasteiger partial charge in [-0.3, -0.25) is 9.59 Å². The smallest absolute Gasteiger partial charge is 0.257 e. The van der Waals surface area contributed by atoms with Crippen molar-refractivity contribution in [3.63, 3.8) is 0 Å². The molecule has 0 aromatic heterocycles. The molecule has 3 aromatic rings. The van der Waals surface area contributed by atoms with E-state index < -0.39 is 17.8 Å². The topological polar surface area (TPSA) is 55.9 Å². The minimum absolute atomic E-state index is 0.0749. The van der Waals surface area contributed by atoms with E-state index in [1.165, 1.54) is 12.5 Å². The van der Waals surface area contributed by atoms with Crippen LogP contribution < -0.4 is 15.1 Å². The van der Waals surface area contributed by atoms with Crippen LogP contribution in [0.1, 0.15) is 60.1 Å². The standard InChI is InChI=1S/C33H39FN4O2/c1-22-9-5-14-29(34)30(22)33(40)38-20-8-13-28(31(38)24-15-17-26(18-16-24)36(3)4)32(39)35-25-11-6-12-27(21-25)37-19-7-10-23(37)2/h5-6,9,11-12,14-18,21,23,28,31H,7-8,10,13,19-20H2,1-4H3,(H,35,39)/t23?,28-,31?/m0/s1. The van der Waals surface area contributed by atoms with Crippen molar-refractivity contribution in [1.82, 2.24) is 4.90 Å². The number of carbonyl (C=O) groups is 2. The highest BCUT2D eigenvalue weighted by Gasteiger charge is 2.40. The van der Waals surface area contributed by atoms with Crippen molar-refractivity contribution in [2.45, 2.75) is 51.6 Å². The molecule has 210 valence electrons. The van der Waals surface area contributed by atoms with Crippen molar-refractivity contribution in [2.75, 3.05) is 42.3 Å². The first-order chi connectivity index (χ1) is 19.2. The van der Waals surface area contributed by atoms with Crippen LogP contribution in [0.4, 0.5) is 21.5 Å². The minimum atomic E-state index is -0.536. The van der Waals surface area contributed by atoms with Crippen molar-refractivity contribution in [2.24, 2.45) is 5.92 Å². The lowest BCUT2D eigenvalue weighted by Crippen LogP contribution is -2.46. The van der Waals surface area contributed by atoms with Gasteiger partial charge in [0, 0.05) is 50.3 Å². The Morgan fingerprint density at radius 3 is 2.35 bits per heavy atom. The number of nitrogens with one attached hydrogen (secondary N) is 1. The van der Waals surface area contributed by atoms with Crippen molar-refractivity contribution in [1.29, 1.82) is 0 Å². The van der Waals surface area contributed by atoms with Gasteiger partial charge in [0.15, 0.2) is 0 Å². The van der Waals surface area contributed by atoms with Gasteiger partial charge in [-0.2, -0.15) is 0 Å². The molecule has 5 rings (SSSR count). The second-order valence-corrected chi connectivity index (χ2v) is 11.3. The fourth-order valence-electron chi connectivity index (χ4n) is 6.24. The molecule has 2 fully saturated rings. The quantitative estimate of drug-likeness (QED) is 0.391. The lowest BCUT2D eigenvalue weighted by Gasteiger charge is -2.41. The van der Waals surface area contributed by atoms with Gasteiger partial charge in [0.25, 0.3) is 5.91 Å². The van der Waals surface area contributed by atoms with Gasteiger partial charge in [-0.15, -0.1) is 0 Å². The number of aryl methyl sites for hydroxylation is 1. The zero-order valence-corrected chi connectivity index (χ0v) is 23.9. The Kier molecular flexibility index (Phi) is 8.10. The molecule has 3 aromatic carbocycles. The van der Waals surface area contributed by atoms with E-state index in [1.807, 2.05) is 61.5 Å². The number of nitrogens with zero attached hydrogens (tertiary/aromatic N) is 3. The highest BCUT2D eigenvalue weighted by atomic mass is 19.1. The number of carbonyl (C=O) groups excluding carboxylic acids is 2. The van der Waals surface area contributed by atoms with Gasteiger partial charge in [0.2, 0.25) is 5.91 Å². The predicted octanol–water partition coefficient (Wildman–Crippen LogP) is 6.42. The largest absolute Gasteiger partial charge is 0.378 e. The molecule has 0 saturated carbocycles. The number of benzene rings is 3. The van der Waals surface area contributed by atoms with E-state index >= 15 is 0 Å². The molecule has 0 spiro atoms. The Balaban J connectivity index is 1.47. The lowest BCUT2D eigenvalue weighted by molar-refractivity contribution is -0.123. The summed E-state index contributed by atoms with van der Waals surface area (Å²) in [7, 11) is 3.94. The van der Waals surface area contributed by atoms with Crippen LogP contribution in [-0.2, 0) is 4.79 Å². The maximum Gasteiger partial charge on any atom is 0.257 e. The predicted molar refractivity (Wildman–Crippen MR) is 160 cm³/mol. The number of rotatable bonds is 6. The van der Waals surface area contributed by atoms with E-state index in [1.54, 1.807) is 24.0 Å². The number of piperidine rings is 1. The molecular weight excluding hydrogens is 503 g/mol. The zero-order chi connectivity index (χ0) is 28.4. The molecule has 3 atom stereocenters. The summed E-state index contributed by atoms with van der Waals surface area (Å²) in [4.78, 5) is 33.9. The molecule has 2 amide bonds. The van der Waals surface area contributed by atoms with E-state index in [0.29, 0.717) is 31.0 Å². The summed E-state index contributed by atoms with van der Waals surface area (Å²) in [5.74, 6) is -1.52. The molecule has 0 radical (unpaired) electrons. The zero-order valence-electron chi connectivity index (χ0n) is 23.9. The normalized spacial score (nSPS) is 20.9. The molecule has 2 unspecified atom stereocenters. The fraction of sp³-hybridized carbons (Fsp3) is 0.394. The first-order valence-electron chi connectivity index (χ1n) is 14.3. The Hall–Kier alpha value is -3.87. The van der Waals surface area contributed by atoms with Crippen LogP contribution in [0.25, 0.3) is 0 Å². The molecule has 6 nitrogen and oxygen atoms in total. The van der Waals surface area contributed by atoms with Gasteiger partial charge in [-0.1, -0.05) is 30.3 Å². The molecule has 2 aliphatic rings. The van der Waals surface area contributed by atoms with Crippen molar-refractivity contribution in [3.05, 3.63) is 89.2 Å². The minimum Gasteiger partial charge on any atom is -0.378 e. The number of anilines is 3. The van der Waals surface area contributed by atoms with Crippen LogP contribution in [0.3, 0.4) is 0 Å². The highest BCUT2D eigenvalue weighted by Crippen LogP contribution is 2.39. The summed E-state index contributed by atoms with van der Waals surface area (Å²) in [5.41, 5.74) is 4.41. The average Bonchev–Trinajstić information content (AvgIpc) is 3.38. The van der Waals surface area contributed by atoms with Crippen LogP contribution in [0, 0.1) is 18.7 Å².